The zero-order valence-corrected chi connectivity index (χ0v) is 11.4. The van der Waals surface area contributed by atoms with Gasteiger partial charge in [0.05, 0.1) is 18.8 Å². The molecule has 1 N–H and O–H groups in total. The van der Waals surface area contributed by atoms with Gasteiger partial charge < -0.3 is 5.32 Å². The highest BCUT2D eigenvalue weighted by molar-refractivity contribution is 9.10. The minimum absolute atomic E-state index is 0.101. The molecule has 0 saturated heterocycles. The topological polar surface area (TPSA) is 54.9 Å². The molecule has 1 aromatic heterocycles. The fourth-order valence-corrected chi connectivity index (χ4v) is 1.66. The Morgan fingerprint density at radius 1 is 1.22 bits per heavy atom. The normalized spacial score (nSPS) is 10.1. The molecule has 2 aromatic rings. The molecular formula is C13H12BrN3O. The van der Waals surface area contributed by atoms with Crippen molar-refractivity contribution in [1.29, 1.82) is 0 Å². The van der Waals surface area contributed by atoms with Crippen LogP contribution in [0.15, 0.2) is 41.3 Å². The highest BCUT2D eigenvalue weighted by atomic mass is 79.9. The minimum atomic E-state index is -0.101. The summed E-state index contributed by atoms with van der Waals surface area (Å²) in [6, 6.07) is 7.87. The number of aryl methyl sites for hydroxylation is 1. The van der Waals surface area contributed by atoms with Crippen molar-refractivity contribution in [1.82, 2.24) is 9.97 Å². The Kier molecular flexibility index (Phi) is 4.04. The van der Waals surface area contributed by atoms with Gasteiger partial charge in [-0.15, -0.1) is 0 Å². The number of carbonyl (C=O) groups is 1. The van der Waals surface area contributed by atoms with Crippen molar-refractivity contribution in [2.45, 2.75) is 13.3 Å². The highest BCUT2D eigenvalue weighted by Gasteiger charge is 2.05. The van der Waals surface area contributed by atoms with Gasteiger partial charge in [-0.3, -0.25) is 4.79 Å². The van der Waals surface area contributed by atoms with Gasteiger partial charge in [0, 0.05) is 0 Å². The molecule has 5 heteroatoms. The number of carbonyl (C=O) groups excluding carboxylic acids is 1. The second-order valence-electron chi connectivity index (χ2n) is 3.93. The number of benzene rings is 1. The smallest absolute Gasteiger partial charge is 0.229 e. The summed E-state index contributed by atoms with van der Waals surface area (Å²) in [7, 11) is 0. The number of halogens is 1. The van der Waals surface area contributed by atoms with Crippen LogP contribution >= 0.6 is 15.9 Å². The van der Waals surface area contributed by atoms with E-state index in [9.17, 15) is 4.79 Å². The Hall–Kier alpha value is -1.75. The number of nitrogens with zero attached hydrogens (tertiary/aromatic N) is 2. The number of hydrogen-bond acceptors (Lipinski definition) is 3. The molecule has 4 nitrogen and oxygen atoms in total. The summed E-state index contributed by atoms with van der Waals surface area (Å²) in [5.41, 5.74) is 2.15. The molecule has 2 rings (SSSR count). The lowest BCUT2D eigenvalue weighted by atomic mass is 10.1. The van der Waals surface area contributed by atoms with E-state index in [0.717, 1.165) is 5.56 Å². The van der Waals surface area contributed by atoms with Gasteiger partial charge in [-0.2, -0.15) is 0 Å². The van der Waals surface area contributed by atoms with Gasteiger partial charge in [0.2, 0.25) is 5.91 Å². The predicted molar refractivity (Wildman–Crippen MR) is 73.2 cm³/mol. The number of rotatable bonds is 3. The standard InChI is InChI=1S/C13H12BrN3O/c1-9-2-4-10(5-3-9)6-13(18)17-12-8-15-11(14)7-16-12/h2-5,7-8H,6H2,1H3,(H,16,17,18). The van der Waals surface area contributed by atoms with Crippen LogP contribution in [0.3, 0.4) is 0 Å². The molecule has 1 aromatic carbocycles. The van der Waals surface area contributed by atoms with Crippen LogP contribution in [0.5, 0.6) is 0 Å². The van der Waals surface area contributed by atoms with E-state index in [2.05, 4.69) is 31.2 Å². The first-order chi connectivity index (χ1) is 8.63. The number of aromatic nitrogens is 2. The van der Waals surface area contributed by atoms with E-state index in [1.54, 1.807) is 6.20 Å². The third kappa shape index (κ3) is 3.63. The summed E-state index contributed by atoms with van der Waals surface area (Å²) in [5, 5.41) is 2.70. The number of nitrogens with one attached hydrogen (secondary N) is 1. The monoisotopic (exact) mass is 305 g/mol. The number of anilines is 1. The summed E-state index contributed by atoms with van der Waals surface area (Å²) in [5.74, 6) is 0.353. The fraction of sp³-hybridized carbons (Fsp3) is 0.154. The molecule has 0 saturated carbocycles. The molecule has 0 aliphatic heterocycles. The quantitative estimate of drug-likeness (QED) is 0.948. The third-order valence-electron chi connectivity index (χ3n) is 2.37. The fourth-order valence-electron chi connectivity index (χ4n) is 1.46. The lowest BCUT2D eigenvalue weighted by Gasteiger charge is -2.04. The molecule has 1 heterocycles. The minimum Gasteiger partial charge on any atom is -0.309 e. The molecule has 92 valence electrons. The van der Waals surface area contributed by atoms with Crippen molar-refractivity contribution in [2.75, 3.05) is 5.32 Å². The zero-order chi connectivity index (χ0) is 13.0. The highest BCUT2D eigenvalue weighted by Crippen LogP contribution is 2.08. The van der Waals surface area contributed by atoms with Crippen LogP contribution in [-0.2, 0) is 11.2 Å². The van der Waals surface area contributed by atoms with Gasteiger partial charge in [0.15, 0.2) is 5.82 Å². The van der Waals surface area contributed by atoms with Crippen molar-refractivity contribution in [3.05, 3.63) is 52.4 Å². The zero-order valence-electron chi connectivity index (χ0n) is 9.85. The Bertz CT molecular complexity index is 488. The molecule has 0 aliphatic carbocycles. The van der Waals surface area contributed by atoms with Crippen molar-refractivity contribution in [2.24, 2.45) is 0 Å². The third-order valence-corrected chi connectivity index (χ3v) is 2.78. The average Bonchev–Trinajstić information content (AvgIpc) is 2.35. The van der Waals surface area contributed by atoms with E-state index < -0.39 is 0 Å². The molecular weight excluding hydrogens is 294 g/mol. The Labute approximate surface area is 114 Å². The van der Waals surface area contributed by atoms with Crippen molar-refractivity contribution in [3.63, 3.8) is 0 Å². The molecule has 1 amide bonds. The molecule has 0 radical (unpaired) electrons. The largest absolute Gasteiger partial charge is 0.309 e. The van der Waals surface area contributed by atoms with E-state index in [1.165, 1.54) is 11.8 Å². The van der Waals surface area contributed by atoms with Crippen molar-refractivity contribution >= 4 is 27.7 Å². The molecule has 0 fully saturated rings. The lowest BCUT2D eigenvalue weighted by Crippen LogP contribution is -2.15. The molecule has 0 atom stereocenters. The van der Waals surface area contributed by atoms with Gasteiger partial charge in [-0.1, -0.05) is 29.8 Å². The van der Waals surface area contributed by atoms with Gasteiger partial charge in [0.1, 0.15) is 4.60 Å². The van der Waals surface area contributed by atoms with Gasteiger partial charge in [0.25, 0.3) is 0 Å². The second kappa shape index (κ2) is 5.73. The molecule has 0 aliphatic rings. The maximum Gasteiger partial charge on any atom is 0.229 e. The van der Waals surface area contributed by atoms with Crippen LogP contribution in [0.2, 0.25) is 0 Å². The lowest BCUT2D eigenvalue weighted by molar-refractivity contribution is -0.115. The molecule has 0 unspecified atom stereocenters. The second-order valence-corrected chi connectivity index (χ2v) is 4.75. The van der Waals surface area contributed by atoms with Crippen LogP contribution in [0, 0.1) is 6.92 Å². The maximum atomic E-state index is 11.8. The predicted octanol–water partition coefficient (Wildman–Crippen LogP) is 2.73. The summed E-state index contributed by atoms with van der Waals surface area (Å²) in [6.07, 6.45) is 3.39. The number of hydrogen-bond donors (Lipinski definition) is 1. The SMILES string of the molecule is Cc1ccc(CC(=O)Nc2cnc(Br)cn2)cc1. The first-order valence-corrected chi connectivity index (χ1v) is 6.26. The van der Waals surface area contributed by atoms with E-state index in [0.29, 0.717) is 16.8 Å². The van der Waals surface area contributed by atoms with Crippen LogP contribution in [0.4, 0.5) is 5.82 Å². The van der Waals surface area contributed by atoms with E-state index in [-0.39, 0.29) is 5.91 Å². The van der Waals surface area contributed by atoms with Crippen LogP contribution in [0.1, 0.15) is 11.1 Å². The van der Waals surface area contributed by atoms with Gasteiger partial charge in [-0.05, 0) is 28.4 Å². The van der Waals surface area contributed by atoms with Crippen molar-refractivity contribution < 1.29 is 4.79 Å². The van der Waals surface area contributed by atoms with Crippen LogP contribution in [0.25, 0.3) is 0 Å². The summed E-state index contributed by atoms with van der Waals surface area (Å²) in [4.78, 5) is 19.8. The first kappa shape index (κ1) is 12.7. The van der Waals surface area contributed by atoms with E-state index in [4.69, 9.17) is 0 Å². The average molecular weight is 306 g/mol. The maximum absolute atomic E-state index is 11.8. The molecule has 0 spiro atoms. The Morgan fingerprint density at radius 3 is 2.56 bits per heavy atom. The first-order valence-electron chi connectivity index (χ1n) is 5.46. The van der Waals surface area contributed by atoms with Crippen LogP contribution in [-0.4, -0.2) is 15.9 Å². The van der Waals surface area contributed by atoms with Gasteiger partial charge >= 0.3 is 0 Å². The van der Waals surface area contributed by atoms with Crippen LogP contribution < -0.4 is 5.32 Å². The molecule has 0 bridgehead atoms. The van der Waals surface area contributed by atoms with Crippen molar-refractivity contribution in [3.8, 4) is 0 Å². The molecule has 18 heavy (non-hydrogen) atoms. The van der Waals surface area contributed by atoms with Gasteiger partial charge in [-0.25, -0.2) is 9.97 Å². The summed E-state index contributed by atoms with van der Waals surface area (Å²) < 4.78 is 0.638. The Morgan fingerprint density at radius 2 is 1.94 bits per heavy atom. The summed E-state index contributed by atoms with van der Waals surface area (Å²) in [6.45, 7) is 2.02. The van der Waals surface area contributed by atoms with E-state index >= 15 is 0 Å². The Balaban J connectivity index is 1.96. The number of amides is 1. The summed E-state index contributed by atoms with van der Waals surface area (Å²) >= 11 is 3.19. The van der Waals surface area contributed by atoms with E-state index in [1.807, 2.05) is 31.2 Å².